The number of hydrogen-bond acceptors (Lipinski definition) is 3. The molecule has 0 aliphatic rings. The molecule has 0 fully saturated rings. The summed E-state index contributed by atoms with van der Waals surface area (Å²) in [7, 11) is 0. The number of ether oxygens (including phenoxy) is 2. The molecule has 0 radical (unpaired) electrons. The molecule has 0 spiro atoms. The van der Waals surface area contributed by atoms with Crippen molar-refractivity contribution in [3.8, 4) is 0 Å². The summed E-state index contributed by atoms with van der Waals surface area (Å²) >= 11 is 0. The number of carbonyl (C=O) groups is 1. The molecule has 0 saturated carbocycles. The van der Waals surface area contributed by atoms with Crippen molar-refractivity contribution in [2.75, 3.05) is 0 Å². The second-order valence-corrected chi connectivity index (χ2v) is 6.18. The minimum atomic E-state index is -0.677. The van der Waals surface area contributed by atoms with Crippen LogP contribution in [0, 0.1) is 0 Å². The van der Waals surface area contributed by atoms with E-state index in [2.05, 4.69) is 0 Å². The van der Waals surface area contributed by atoms with E-state index in [9.17, 15) is 4.79 Å². The fraction of sp³-hybridized carbons (Fsp3) is 0.250. The average Bonchev–Trinajstić information content (AvgIpc) is 2.51. The predicted molar refractivity (Wildman–Crippen MR) is 92.0 cm³/mol. The highest BCUT2D eigenvalue weighted by molar-refractivity contribution is 5.62. The quantitative estimate of drug-likeness (QED) is 0.710. The number of carbonyl (C=O) groups excluding carboxylic acids is 1. The highest BCUT2D eigenvalue weighted by Crippen LogP contribution is 2.22. The Hall–Kier alpha value is -2.55. The van der Waals surface area contributed by atoms with E-state index in [1.165, 1.54) is 0 Å². The van der Waals surface area contributed by atoms with E-state index in [-0.39, 0.29) is 0 Å². The normalized spacial score (nSPS) is 12.8. The van der Waals surface area contributed by atoms with Gasteiger partial charge in [-0.1, -0.05) is 66.7 Å². The predicted octanol–water partition coefficient (Wildman–Crippen LogP) is 5.39. The third-order valence-corrected chi connectivity index (χ3v) is 3.00. The molecule has 2 rings (SSSR count). The van der Waals surface area contributed by atoms with Crippen molar-refractivity contribution in [2.24, 2.45) is 0 Å². The Bertz CT molecular complexity index is 640. The third-order valence-electron chi connectivity index (χ3n) is 3.00. The Kier molecular flexibility index (Phi) is 5.58. The Balaban J connectivity index is 2.16. The molecule has 0 saturated heterocycles. The first kappa shape index (κ1) is 16.8. The molecular formula is C20H22O3. The molecule has 0 aromatic heterocycles. The van der Waals surface area contributed by atoms with Crippen LogP contribution in [0.1, 0.15) is 38.0 Å². The van der Waals surface area contributed by atoms with Gasteiger partial charge in [-0.2, -0.15) is 0 Å². The first-order valence-corrected chi connectivity index (χ1v) is 7.62. The molecule has 120 valence electrons. The molecule has 3 nitrogen and oxygen atoms in total. The van der Waals surface area contributed by atoms with E-state index < -0.39 is 17.9 Å². The summed E-state index contributed by atoms with van der Waals surface area (Å²) in [6.45, 7) is 5.43. The summed E-state index contributed by atoms with van der Waals surface area (Å²) < 4.78 is 10.7. The lowest BCUT2D eigenvalue weighted by atomic mass is 10.1. The Morgan fingerprint density at radius 2 is 1.52 bits per heavy atom. The van der Waals surface area contributed by atoms with Crippen molar-refractivity contribution in [3.63, 3.8) is 0 Å². The molecule has 0 N–H and O–H groups in total. The van der Waals surface area contributed by atoms with Crippen LogP contribution in [0.4, 0.5) is 4.79 Å². The standard InChI is InChI=1S/C20H22O3/c1-20(2,3)23-19(21)22-18(17-12-8-5-9-13-17)15-14-16-10-6-4-7-11-16/h4-15,18H,1-3H3/b15-14+/t18-/m1/s1. The monoisotopic (exact) mass is 310 g/mol. The van der Waals surface area contributed by atoms with Gasteiger partial charge >= 0.3 is 6.16 Å². The number of benzene rings is 2. The summed E-state index contributed by atoms with van der Waals surface area (Å²) in [6.07, 6.45) is 2.62. The smallest absolute Gasteiger partial charge is 0.429 e. The zero-order chi connectivity index (χ0) is 16.7. The molecule has 0 unspecified atom stereocenters. The molecule has 0 aliphatic heterocycles. The van der Waals surface area contributed by atoms with Crippen molar-refractivity contribution in [1.82, 2.24) is 0 Å². The third kappa shape index (κ3) is 5.99. The second kappa shape index (κ2) is 7.63. The lowest BCUT2D eigenvalue weighted by Crippen LogP contribution is -2.25. The van der Waals surface area contributed by atoms with Crippen molar-refractivity contribution < 1.29 is 14.3 Å². The lowest BCUT2D eigenvalue weighted by Gasteiger charge is -2.21. The zero-order valence-corrected chi connectivity index (χ0v) is 13.7. The van der Waals surface area contributed by atoms with E-state index in [0.717, 1.165) is 11.1 Å². The molecule has 23 heavy (non-hydrogen) atoms. The summed E-state index contributed by atoms with van der Waals surface area (Å²) in [5.41, 5.74) is 1.35. The van der Waals surface area contributed by atoms with Gasteiger partial charge in [0.25, 0.3) is 0 Å². The van der Waals surface area contributed by atoms with Crippen LogP contribution in [-0.2, 0) is 9.47 Å². The summed E-state index contributed by atoms with van der Waals surface area (Å²) in [5, 5.41) is 0. The molecule has 2 aromatic rings. The minimum absolute atomic E-state index is 0.494. The van der Waals surface area contributed by atoms with Crippen molar-refractivity contribution >= 4 is 12.2 Å². The average molecular weight is 310 g/mol. The van der Waals surface area contributed by atoms with E-state index in [4.69, 9.17) is 9.47 Å². The molecule has 0 heterocycles. The van der Waals surface area contributed by atoms with Crippen LogP contribution >= 0.6 is 0 Å². The molecule has 0 aliphatic carbocycles. The van der Waals surface area contributed by atoms with Gasteiger partial charge < -0.3 is 9.47 Å². The van der Waals surface area contributed by atoms with E-state index in [1.54, 1.807) is 0 Å². The molecule has 0 amide bonds. The van der Waals surface area contributed by atoms with Crippen molar-refractivity contribution in [3.05, 3.63) is 77.9 Å². The molecule has 0 bridgehead atoms. The molecular weight excluding hydrogens is 288 g/mol. The second-order valence-electron chi connectivity index (χ2n) is 6.18. The van der Waals surface area contributed by atoms with Crippen LogP contribution in [0.15, 0.2) is 66.7 Å². The van der Waals surface area contributed by atoms with Gasteiger partial charge in [0.15, 0.2) is 0 Å². The molecule has 1 atom stereocenters. The fourth-order valence-corrected chi connectivity index (χ4v) is 2.00. The largest absolute Gasteiger partial charge is 0.509 e. The highest BCUT2D eigenvalue weighted by Gasteiger charge is 2.21. The van der Waals surface area contributed by atoms with Gasteiger partial charge in [-0.15, -0.1) is 0 Å². The van der Waals surface area contributed by atoms with Gasteiger partial charge in [-0.25, -0.2) is 4.79 Å². The Morgan fingerprint density at radius 1 is 0.957 bits per heavy atom. The lowest BCUT2D eigenvalue weighted by molar-refractivity contribution is -0.0187. The SMILES string of the molecule is CC(C)(C)OC(=O)O[C@H](/C=C/c1ccccc1)c1ccccc1. The molecule has 3 heteroatoms. The maximum Gasteiger partial charge on any atom is 0.509 e. The van der Waals surface area contributed by atoms with E-state index >= 15 is 0 Å². The van der Waals surface area contributed by atoms with Gasteiger partial charge in [-0.3, -0.25) is 0 Å². The van der Waals surface area contributed by atoms with Crippen LogP contribution in [0.25, 0.3) is 6.08 Å². The van der Waals surface area contributed by atoms with E-state index in [0.29, 0.717) is 0 Å². The van der Waals surface area contributed by atoms with Crippen LogP contribution in [0.5, 0.6) is 0 Å². The van der Waals surface area contributed by atoms with Gasteiger partial charge in [0.2, 0.25) is 0 Å². The summed E-state index contributed by atoms with van der Waals surface area (Å²) in [4.78, 5) is 12.0. The van der Waals surface area contributed by atoms with Crippen LogP contribution in [0.3, 0.4) is 0 Å². The van der Waals surface area contributed by atoms with Crippen molar-refractivity contribution in [1.29, 1.82) is 0 Å². The fourth-order valence-electron chi connectivity index (χ4n) is 2.00. The van der Waals surface area contributed by atoms with Gasteiger partial charge in [0.1, 0.15) is 11.7 Å². The summed E-state index contributed by atoms with van der Waals surface area (Å²) in [6, 6.07) is 19.5. The molecule has 2 aromatic carbocycles. The van der Waals surface area contributed by atoms with Crippen molar-refractivity contribution in [2.45, 2.75) is 32.5 Å². The van der Waals surface area contributed by atoms with Crippen LogP contribution in [0.2, 0.25) is 0 Å². The maximum atomic E-state index is 12.0. The Labute approximate surface area is 137 Å². The number of hydrogen-bond donors (Lipinski definition) is 0. The highest BCUT2D eigenvalue weighted by atomic mass is 16.7. The zero-order valence-electron chi connectivity index (χ0n) is 13.7. The topological polar surface area (TPSA) is 35.5 Å². The minimum Gasteiger partial charge on any atom is -0.429 e. The van der Waals surface area contributed by atoms with Gasteiger partial charge in [0, 0.05) is 0 Å². The van der Waals surface area contributed by atoms with Gasteiger partial charge in [0.05, 0.1) is 0 Å². The van der Waals surface area contributed by atoms with Crippen LogP contribution in [-0.4, -0.2) is 11.8 Å². The Morgan fingerprint density at radius 3 is 2.09 bits per heavy atom. The number of rotatable bonds is 4. The first-order valence-electron chi connectivity index (χ1n) is 7.62. The van der Waals surface area contributed by atoms with Crippen LogP contribution < -0.4 is 0 Å². The first-order chi connectivity index (χ1) is 10.9. The maximum absolute atomic E-state index is 12.0. The summed E-state index contributed by atoms with van der Waals surface area (Å²) in [5.74, 6) is 0. The van der Waals surface area contributed by atoms with Gasteiger partial charge in [-0.05, 0) is 38.0 Å². The van der Waals surface area contributed by atoms with E-state index in [1.807, 2.05) is 93.6 Å².